The minimum atomic E-state index is -0.301. The molecule has 0 aliphatic rings. The van der Waals surface area contributed by atoms with Gasteiger partial charge in [0.05, 0.1) is 6.61 Å². The molecule has 0 aliphatic carbocycles. The van der Waals surface area contributed by atoms with Crippen LogP contribution in [0.2, 0.25) is 0 Å². The van der Waals surface area contributed by atoms with Crippen LogP contribution >= 0.6 is 0 Å². The van der Waals surface area contributed by atoms with Crippen LogP contribution in [0.1, 0.15) is 40.5 Å². The molecule has 3 heteroatoms. The zero-order chi connectivity index (χ0) is 11.9. The molecule has 0 amide bonds. The van der Waals surface area contributed by atoms with Gasteiger partial charge in [0.15, 0.2) is 0 Å². The summed E-state index contributed by atoms with van der Waals surface area (Å²) in [5, 5.41) is 3.40. The Balaban J connectivity index is 3.48. The number of ether oxygens (including phenoxy) is 1. The molecule has 15 heavy (non-hydrogen) atoms. The third kappa shape index (κ3) is 7.14. The van der Waals surface area contributed by atoms with Gasteiger partial charge in [-0.2, -0.15) is 0 Å². The highest BCUT2D eigenvalue weighted by atomic mass is 16.5. The predicted octanol–water partition coefficient (Wildman–Crippen LogP) is 2.27. The first-order chi connectivity index (χ1) is 6.89. The van der Waals surface area contributed by atoms with Gasteiger partial charge < -0.3 is 10.1 Å². The molecule has 0 aliphatic heterocycles. The standard InChI is InChI=1S/C12H23NO2/c1-6-12(4,5)13-8-7-9-15-11(14)10(2)3/h13H,2,6-9H2,1,3-5H3. The third-order valence-corrected chi connectivity index (χ3v) is 2.39. The van der Waals surface area contributed by atoms with Crippen LogP contribution in [0.4, 0.5) is 0 Å². The zero-order valence-corrected chi connectivity index (χ0v) is 10.4. The van der Waals surface area contributed by atoms with E-state index in [1.54, 1.807) is 6.92 Å². The Labute approximate surface area is 92.9 Å². The number of nitrogens with one attached hydrogen (secondary N) is 1. The van der Waals surface area contributed by atoms with E-state index in [0.717, 1.165) is 19.4 Å². The van der Waals surface area contributed by atoms with Crippen LogP contribution < -0.4 is 5.32 Å². The summed E-state index contributed by atoms with van der Waals surface area (Å²) in [4.78, 5) is 11.0. The third-order valence-electron chi connectivity index (χ3n) is 2.39. The van der Waals surface area contributed by atoms with Gasteiger partial charge in [-0.15, -0.1) is 0 Å². The average molecular weight is 213 g/mol. The number of rotatable bonds is 7. The monoisotopic (exact) mass is 213 g/mol. The molecule has 0 saturated carbocycles. The lowest BCUT2D eigenvalue weighted by Crippen LogP contribution is -2.39. The van der Waals surface area contributed by atoms with E-state index < -0.39 is 0 Å². The van der Waals surface area contributed by atoms with E-state index >= 15 is 0 Å². The lowest BCUT2D eigenvalue weighted by Gasteiger charge is -2.24. The predicted molar refractivity (Wildman–Crippen MR) is 62.8 cm³/mol. The molecule has 0 bridgehead atoms. The van der Waals surface area contributed by atoms with Gasteiger partial charge in [0, 0.05) is 11.1 Å². The normalized spacial score (nSPS) is 11.2. The number of hydrogen-bond acceptors (Lipinski definition) is 3. The first-order valence-corrected chi connectivity index (χ1v) is 5.46. The minimum absolute atomic E-state index is 0.165. The summed E-state index contributed by atoms with van der Waals surface area (Å²) in [5.74, 6) is -0.301. The van der Waals surface area contributed by atoms with Crippen molar-refractivity contribution >= 4 is 5.97 Å². The first kappa shape index (κ1) is 14.2. The second kappa shape index (κ2) is 6.62. The van der Waals surface area contributed by atoms with Gasteiger partial charge in [0.1, 0.15) is 0 Å². The minimum Gasteiger partial charge on any atom is -0.462 e. The summed E-state index contributed by atoms with van der Waals surface area (Å²) >= 11 is 0. The van der Waals surface area contributed by atoms with Gasteiger partial charge in [0.25, 0.3) is 0 Å². The molecule has 1 N–H and O–H groups in total. The SMILES string of the molecule is C=C(C)C(=O)OCCCNC(C)(C)CC. The van der Waals surface area contributed by atoms with E-state index in [1.165, 1.54) is 0 Å². The second-order valence-corrected chi connectivity index (χ2v) is 4.43. The Bertz CT molecular complexity index is 222. The van der Waals surface area contributed by atoms with Crippen LogP contribution in [0.5, 0.6) is 0 Å². The molecule has 0 rings (SSSR count). The molecule has 0 aromatic carbocycles. The topological polar surface area (TPSA) is 38.3 Å². The summed E-state index contributed by atoms with van der Waals surface area (Å²) < 4.78 is 4.97. The highest BCUT2D eigenvalue weighted by molar-refractivity contribution is 5.86. The van der Waals surface area contributed by atoms with Crippen LogP contribution in [-0.4, -0.2) is 24.7 Å². The molecule has 0 spiro atoms. The van der Waals surface area contributed by atoms with Gasteiger partial charge in [-0.3, -0.25) is 0 Å². The van der Waals surface area contributed by atoms with E-state index in [9.17, 15) is 4.79 Å². The molecule has 0 unspecified atom stereocenters. The number of esters is 1. The molecule has 0 heterocycles. The fourth-order valence-electron chi connectivity index (χ4n) is 0.912. The van der Waals surface area contributed by atoms with Crippen molar-refractivity contribution < 1.29 is 9.53 Å². The maximum atomic E-state index is 11.0. The summed E-state index contributed by atoms with van der Waals surface area (Å²) in [7, 11) is 0. The van der Waals surface area contributed by atoms with Crippen molar-refractivity contribution in [2.75, 3.05) is 13.2 Å². The summed E-state index contributed by atoms with van der Waals surface area (Å²) in [6.45, 7) is 13.0. The summed E-state index contributed by atoms with van der Waals surface area (Å²) in [5.41, 5.74) is 0.620. The van der Waals surface area contributed by atoms with E-state index in [4.69, 9.17) is 4.74 Å². The van der Waals surface area contributed by atoms with Crippen molar-refractivity contribution in [2.24, 2.45) is 0 Å². The van der Waals surface area contributed by atoms with Crippen LogP contribution in [0.3, 0.4) is 0 Å². The summed E-state index contributed by atoms with van der Waals surface area (Å²) in [6.07, 6.45) is 1.92. The number of carbonyl (C=O) groups is 1. The quantitative estimate of drug-likeness (QED) is 0.400. The van der Waals surface area contributed by atoms with Crippen LogP contribution in [-0.2, 0) is 9.53 Å². The van der Waals surface area contributed by atoms with Crippen LogP contribution in [0, 0.1) is 0 Å². The molecule has 0 aromatic heterocycles. The van der Waals surface area contributed by atoms with Gasteiger partial charge in [0.2, 0.25) is 0 Å². The molecular formula is C12H23NO2. The maximum Gasteiger partial charge on any atom is 0.333 e. The van der Waals surface area contributed by atoms with Crippen molar-refractivity contribution in [3.05, 3.63) is 12.2 Å². The highest BCUT2D eigenvalue weighted by Gasteiger charge is 2.12. The Morgan fingerprint density at radius 1 is 1.47 bits per heavy atom. The van der Waals surface area contributed by atoms with E-state index in [2.05, 4.69) is 32.7 Å². The number of carbonyl (C=O) groups excluding carboxylic acids is 1. The molecule has 0 aromatic rings. The van der Waals surface area contributed by atoms with E-state index in [0.29, 0.717) is 12.2 Å². The van der Waals surface area contributed by atoms with Gasteiger partial charge in [-0.1, -0.05) is 13.5 Å². The van der Waals surface area contributed by atoms with Gasteiger partial charge in [-0.05, 0) is 40.2 Å². The average Bonchev–Trinajstić information content (AvgIpc) is 2.16. The molecular weight excluding hydrogens is 190 g/mol. The highest BCUT2D eigenvalue weighted by Crippen LogP contribution is 2.06. The van der Waals surface area contributed by atoms with Crippen molar-refractivity contribution in [2.45, 2.75) is 46.1 Å². The van der Waals surface area contributed by atoms with Gasteiger partial charge in [-0.25, -0.2) is 4.79 Å². The van der Waals surface area contributed by atoms with Crippen molar-refractivity contribution in [3.63, 3.8) is 0 Å². The Morgan fingerprint density at radius 2 is 2.07 bits per heavy atom. The van der Waals surface area contributed by atoms with Crippen molar-refractivity contribution in [1.82, 2.24) is 5.32 Å². The van der Waals surface area contributed by atoms with E-state index in [1.807, 2.05) is 0 Å². The molecule has 88 valence electrons. The van der Waals surface area contributed by atoms with Gasteiger partial charge >= 0.3 is 5.97 Å². The van der Waals surface area contributed by atoms with Crippen LogP contribution in [0.25, 0.3) is 0 Å². The smallest absolute Gasteiger partial charge is 0.333 e. The maximum absolute atomic E-state index is 11.0. The molecule has 3 nitrogen and oxygen atoms in total. The van der Waals surface area contributed by atoms with E-state index in [-0.39, 0.29) is 11.5 Å². The lowest BCUT2D eigenvalue weighted by atomic mass is 10.0. The lowest BCUT2D eigenvalue weighted by molar-refractivity contribution is -0.139. The zero-order valence-electron chi connectivity index (χ0n) is 10.4. The Hall–Kier alpha value is -0.830. The molecule has 0 fully saturated rings. The molecule has 0 atom stereocenters. The second-order valence-electron chi connectivity index (χ2n) is 4.43. The Morgan fingerprint density at radius 3 is 2.53 bits per heavy atom. The van der Waals surface area contributed by atoms with Crippen LogP contribution in [0.15, 0.2) is 12.2 Å². The first-order valence-electron chi connectivity index (χ1n) is 5.46. The fourth-order valence-corrected chi connectivity index (χ4v) is 0.912. The van der Waals surface area contributed by atoms with Crippen molar-refractivity contribution in [3.8, 4) is 0 Å². The number of hydrogen-bond donors (Lipinski definition) is 1. The summed E-state index contributed by atoms with van der Waals surface area (Å²) in [6, 6.07) is 0. The fraction of sp³-hybridized carbons (Fsp3) is 0.750. The largest absolute Gasteiger partial charge is 0.462 e. The molecule has 0 saturated heterocycles. The van der Waals surface area contributed by atoms with Crippen molar-refractivity contribution in [1.29, 1.82) is 0 Å². The molecule has 0 radical (unpaired) electrons. The Kier molecular flexibility index (Phi) is 6.25.